The van der Waals surface area contributed by atoms with Crippen molar-refractivity contribution < 1.29 is 9.53 Å². The van der Waals surface area contributed by atoms with Crippen molar-refractivity contribution in [3.8, 4) is 5.75 Å². The van der Waals surface area contributed by atoms with Gasteiger partial charge in [0.05, 0.1) is 16.3 Å². The molecular weight excluding hydrogens is 438 g/mol. The van der Waals surface area contributed by atoms with E-state index in [1.54, 1.807) is 30.3 Å². The molecule has 7 heteroatoms. The first-order valence-corrected chi connectivity index (χ1v) is 8.04. The average Bonchev–Trinajstić information content (AvgIpc) is 2.51. The molecule has 0 unspecified atom stereocenters. The minimum atomic E-state index is -0.368. The van der Waals surface area contributed by atoms with Gasteiger partial charge in [0.2, 0.25) is 0 Å². The highest BCUT2D eigenvalue weighted by molar-refractivity contribution is 14.1. The van der Waals surface area contributed by atoms with E-state index < -0.39 is 0 Å². The Balaban J connectivity index is 1.83. The Morgan fingerprint density at radius 3 is 2.68 bits per heavy atom. The molecule has 0 fully saturated rings. The minimum Gasteiger partial charge on any atom is -0.484 e. The van der Waals surface area contributed by atoms with Crippen LogP contribution in [0.3, 0.4) is 0 Å². The van der Waals surface area contributed by atoms with Gasteiger partial charge in [-0.05, 0) is 52.9 Å². The summed E-state index contributed by atoms with van der Waals surface area (Å²) in [5.41, 5.74) is 2.98. The molecule has 2 rings (SSSR count). The highest BCUT2D eigenvalue weighted by Crippen LogP contribution is 2.24. The quantitative estimate of drug-likeness (QED) is 0.424. The summed E-state index contributed by atoms with van der Waals surface area (Å²) in [5, 5.41) is 4.64. The second-order valence-corrected chi connectivity index (χ2v) is 6.21. The van der Waals surface area contributed by atoms with Crippen LogP contribution in [0.5, 0.6) is 5.75 Å². The predicted molar refractivity (Wildman–Crippen MR) is 96.9 cm³/mol. The number of hydrazone groups is 1. The van der Waals surface area contributed by atoms with Crippen LogP contribution in [-0.4, -0.2) is 18.7 Å². The maximum Gasteiger partial charge on any atom is 0.277 e. The fraction of sp³-hybridized carbons (Fsp3) is 0.0667. The normalized spacial score (nSPS) is 10.7. The first-order valence-electron chi connectivity index (χ1n) is 6.20. The summed E-state index contributed by atoms with van der Waals surface area (Å²) in [6.07, 6.45) is 1.43. The van der Waals surface area contributed by atoms with E-state index in [1.165, 1.54) is 6.21 Å². The van der Waals surface area contributed by atoms with E-state index in [0.29, 0.717) is 21.4 Å². The number of nitrogens with one attached hydrogen (secondary N) is 1. The summed E-state index contributed by atoms with van der Waals surface area (Å²) >= 11 is 14.1. The summed E-state index contributed by atoms with van der Waals surface area (Å²) in [6.45, 7) is -0.124. The number of ether oxygens (including phenoxy) is 1. The van der Waals surface area contributed by atoms with Crippen LogP contribution in [0, 0.1) is 3.57 Å². The van der Waals surface area contributed by atoms with Gasteiger partial charge in [0, 0.05) is 9.13 Å². The second-order valence-electron chi connectivity index (χ2n) is 4.18. The number of carbonyl (C=O) groups is 1. The van der Waals surface area contributed by atoms with Gasteiger partial charge in [-0.3, -0.25) is 4.79 Å². The van der Waals surface area contributed by atoms with Gasteiger partial charge in [-0.25, -0.2) is 5.43 Å². The molecule has 0 aliphatic carbocycles. The van der Waals surface area contributed by atoms with E-state index in [-0.39, 0.29) is 12.5 Å². The number of hydrogen-bond donors (Lipinski definition) is 1. The van der Waals surface area contributed by atoms with E-state index in [2.05, 4.69) is 33.1 Å². The number of benzene rings is 2. The van der Waals surface area contributed by atoms with Crippen molar-refractivity contribution in [1.82, 2.24) is 5.43 Å². The number of rotatable bonds is 5. The van der Waals surface area contributed by atoms with Gasteiger partial charge >= 0.3 is 0 Å². The van der Waals surface area contributed by atoms with E-state index in [9.17, 15) is 4.79 Å². The first-order chi connectivity index (χ1) is 10.6. The lowest BCUT2D eigenvalue weighted by molar-refractivity contribution is -0.123. The smallest absolute Gasteiger partial charge is 0.277 e. The van der Waals surface area contributed by atoms with Crippen molar-refractivity contribution >= 4 is 57.9 Å². The Kier molecular flexibility index (Phi) is 6.48. The summed E-state index contributed by atoms with van der Waals surface area (Å²) in [7, 11) is 0. The summed E-state index contributed by atoms with van der Waals surface area (Å²) in [4.78, 5) is 11.6. The lowest BCUT2D eigenvalue weighted by atomic mass is 10.2. The van der Waals surface area contributed by atoms with Crippen molar-refractivity contribution in [3.05, 3.63) is 61.6 Å². The zero-order valence-corrected chi connectivity index (χ0v) is 14.9. The Morgan fingerprint density at radius 1 is 1.23 bits per heavy atom. The zero-order chi connectivity index (χ0) is 15.9. The Bertz CT molecular complexity index is 690. The largest absolute Gasteiger partial charge is 0.484 e. The molecule has 2 aromatic rings. The fourth-order valence-corrected chi connectivity index (χ4v) is 2.22. The van der Waals surface area contributed by atoms with E-state index in [1.807, 2.05) is 12.1 Å². The SMILES string of the molecule is O=C(COc1ccc(I)cc1)NN=Cc1cccc(Cl)c1Cl. The molecule has 0 saturated heterocycles. The fourth-order valence-electron chi connectivity index (χ4n) is 1.51. The van der Waals surface area contributed by atoms with Crippen LogP contribution in [-0.2, 0) is 4.79 Å². The van der Waals surface area contributed by atoms with Crippen molar-refractivity contribution in [2.75, 3.05) is 6.61 Å². The third kappa shape index (κ3) is 5.15. The molecule has 0 aliphatic heterocycles. The molecule has 0 spiro atoms. The van der Waals surface area contributed by atoms with Crippen molar-refractivity contribution in [3.63, 3.8) is 0 Å². The van der Waals surface area contributed by atoms with Crippen LogP contribution in [0.25, 0.3) is 0 Å². The standard InChI is InChI=1S/C15H11Cl2IN2O2/c16-13-3-1-2-10(15(13)17)8-19-20-14(21)9-22-12-6-4-11(18)5-7-12/h1-8H,9H2,(H,20,21). The topological polar surface area (TPSA) is 50.7 Å². The average molecular weight is 449 g/mol. The Hall–Kier alpha value is -1.31. The molecule has 0 heterocycles. The van der Waals surface area contributed by atoms with Gasteiger partial charge in [-0.15, -0.1) is 0 Å². The third-order valence-corrected chi connectivity index (χ3v) is 4.11. The van der Waals surface area contributed by atoms with Gasteiger partial charge in [0.25, 0.3) is 5.91 Å². The zero-order valence-electron chi connectivity index (χ0n) is 11.2. The van der Waals surface area contributed by atoms with Crippen LogP contribution in [0.2, 0.25) is 10.0 Å². The van der Waals surface area contributed by atoms with Crippen molar-refractivity contribution in [2.45, 2.75) is 0 Å². The number of hydrogen-bond acceptors (Lipinski definition) is 3. The molecular formula is C15H11Cl2IN2O2. The molecule has 0 saturated carbocycles. The van der Waals surface area contributed by atoms with Gasteiger partial charge in [-0.2, -0.15) is 5.10 Å². The van der Waals surface area contributed by atoms with Gasteiger partial charge in [0.1, 0.15) is 5.75 Å². The molecule has 0 bridgehead atoms. The molecule has 1 N–H and O–H groups in total. The van der Waals surface area contributed by atoms with Gasteiger partial charge in [-0.1, -0.05) is 35.3 Å². The van der Waals surface area contributed by atoms with E-state index in [4.69, 9.17) is 27.9 Å². The number of nitrogens with zero attached hydrogens (tertiary/aromatic N) is 1. The molecule has 4 nitrogen and oxygen atoms in total. The van der Waals surface area contributed by atoms with Crippen LogP contribution >= 0.6 is 45.8 Å². The van der Waals surface area contributed by atoms with Gasteiger partial charge < -0.3 is 4.74 Å². The molecule has 22 heavy (non-hydrogen) atoms. The van der Waals surface area contributed by atoms with E-state index in [0.717, 1.165) is 3.57 Å². The summed E-state index contributed by atoms with van der Waals surface area (Å²) in [6, 6.07) is 12.5. The van der Waals surface area contributed by atoms with Crippen molar-refractivity contribution in [1.29, 1.82) is 0 Å². The molecule has 1 amide bonds. The molecule has 114 valence electrons. The van der Waals surface area contributed by atoms with Crippen LogP contribution < -0.4 is 10.2 Å². The highest BCUT2D eigenvalue weighted by atomic mass is 127. The third-order valence-electron chi connectivity index (χ3n) is 2.56. The molecule has 0 atom stereocenters. The molecule has 0 radical (unpaired) electrons. The number of halogens is 3. The first kappa shape index (κ1) is 17.1. The number of amides is 1. The summed E-state index contributed by atoms with van der Waals surface area (Å²) in [5.74, 6) is 0.255. The van der Waals surface area contributed by atoms with Crippen molar-refractivity contribution in [2.24, 2.45) is 5.10 Å². The molecule has 0 aliphatic rings. The Morgan fingerprint density at radius 2 is 1.95 bits per heavy atom. The minimum absolute atomic E-state index is 0.124. The maximum atomic E-state index is 11.6. The Labute approximate surface area is 151 Å². The predicted octanol–water partition coefficient (Wildman–Crippen LogP) is 4.13. The van der Waals surface area contributed by atoms with E-state index >= 15 is 0 Å². The van der Waals surface area contributed by atoms with Crippen LogP contribution in [0.15, 0.2) is 47.6 Å². The monoisotopic (exact) mass is 448 g/mol. The highest BCUT2D eigenvalue weighted by Gasteiger charge is 2.03. The molecule has 2 aromatic carbocycles. The lowest BCUT2D eigenvalue weighted by Gasteiger charge is -2.05. The maximum absolute atomic E-state index is 11.6. The van der Waals surface area contributed by atoms with Crippen LogP contribution in [0.1, 0.15) is 5.56 Å². The molecule has 0 aromatic heterocycles. The lowest BCUT2D eigenvalue weighted by Crippen LogP contribution is -2.24. The summed E-state index contributed by atoms with van der Waals surface area (Å²) < 4.78 is 6.43. The second kappa shape index (κ2) is 8.36. The van der Waals surface area contributed by atoms with Gasteiger partial charge in [0.15, 0.2) is 6.61 Å². The number of carbonyl (C=O) groups excluding carboxylic acids is 1. The van der Waals surface area contributed by atoms with Crippen LogP contribution in [0.4, 0.5) is 0 Å².